The largest absolute Gasteiger partial charge is 0.379 e. The van der Waals surface area contributed by atoms with E-state index in [0.717, 1.165) is 73.4 Å². The molecule has 2 N–H and O–H groups in total. The number of hydrogen-bond acceptors (Lipinski definition) is 8. The van der Waals surface area contributed by atoms with Gasteiger partial charge in [0.1, 0.15) is 11.8 Å². The van der Waals surface area contributed by atoms with Crippen molar-refractivity contribution >= 4 is 33.9 Å². The van der Waals surface area contributed by atoms with Crippen LogP contribution in [0, 0.1) is 11.3 Å². The average molecular weight is 599 g/mol. The fourth-order valence-corrected chi connectivity index (χ4v) is 6.45. The number of aromatic nitrogens is 4. The molecule has 2 aliphatic rings. The Morgan fingerprint density at radius 3 is 2.60 bits per heavy atom. The van der Waals surface area contributed by atoms with Crippen molar-refractivity contribution in [1.29, 1.82) is 5.26 Å². The number of likely N-dealkylation sites (tertiary alicyclic amines) is 1. The lowest BCUT2D eigenvalue weighted by atomic mass is 9.98. The van der Waals surface area contributed by atoms with Gasteiger partial charge in [0.05, 0.1) is 46.7 Å². The summed E-state index contributed by atoms with van der Waals surface area (Å²) >= 11 is 6.82. The first-order valence-electron chi connectivity index (χ1n) is 15.1. The van der Waals surface area contributed by atoms with Gasteiger partial charge in [0.15, 0.2) is 0 Å². The van der Waals surface area contributed by atoms with Crippen molar-refractivity contribution in [2.75, 3.05) is 36.9 Å². The monoisotopic (exact) mass is 598 g/mol. The van der Waals surface area contributed by atoms with E-state index >= 15 is 0 Å². The van der Waals surface area contributed by atoms with E-state index in [1.54, 1.807) is 6.20 Å². The summed E-state index contributed by atoms with van der Waals surface area (Å²) in [7, 11) is 0. The molecule has 10 heteroatoms. The van der Waals surface area contributed by atoms with E-state index in [-0.39, 0.29) is 17.6 Å². The van der Waals surface area contributed by atoms with Crippen LogP contribution in [-0.2, 0) is 4.74 Å². The molecule has 9 nitrogen and oxygen atoms in total. The number of hydrogen-bond donors (Lipinski definition) is 2. The Bertz CT molecular complexity index is 1600. The number of ether oxygens (including phenoxy) is 1. The van der Waals surface area contributed by atoms with Gasteiger partial charge < -0.3 is 15.4 Å². The van der Waals surface area contributed by atoms with Crippen LogP contribution in [-0.4, -0.2) is 62.8 Å². The Balaban J connectivity index is 1.32. The van der Waals surface area contributed by atoms with Crippen LogP contribution in [0.15, 0.2) is 54.9 Å². The van der Waals surface area contributed by atoms with Crippen LogP contribution >= 0.6 is 11.6 Å². The van der Waals surface area contributed by atoms with Crippen LogP contribution in [0.3, 0.4) is 0 Å². The van der Waals surface area contributed by atoms with Gasteiger partial charge in [-0.15, -0.1) is 5.10 Å². The minimum Gasteiger partial charge on any atom is -0.379 e. The fraction of sp³-hybridized carbons (Fsp3) is 0.455. The van der Waals surface area contributed by atoms with Gasteiger partial charge in [-0.2, -0.15) is 5.26 Å². The molecule has 0 spiro atoms. The van der Waals surface area contributed by atoms with Gasteiger partial charge in [-0.25, -0.2) is 4.68 Å². The van der Waals surface area contributed by atoms with Crippen molar-refractivity contribution in [2.45, 2.75) is 70.1 Å². The predicted molar refractivity (Wildman–Crippen MR) is 170 cm³/mol. The SMILES string of the molecule is CC(C)(C)N1CCC(n2cc([C@@H](Nc3cc(Cl)c4ncc(C#N)c(N[C@@H]5CCCOC5)c4c3)c3ccccc3)nn2)CC1. The van der Waals surface area contributed by atoms with Crippen molar-refractivity contribution in [2.24, 2.45) is 0 Å². The zero-order chi connectivity index (χ0) is 30.0. The van der Waals surface area contributed by atoms with E-state index in [4.69, 9.17) is 16.3 Å². The molecule has 4 heterocycles. The molecule has 2 atom stereocenters. The van der Waals surface area contributed by atoms with Crippen LogP contribution in [0.2, 0.25) is 5.02 Å². The van der Waals surface area contributed by atoms with Gasteiger partial charge in [-0.1, -0.05) is 47.1 Å². The molecule has 0 radical (unpaired) electrons. The fourth-order valence-electron chi connectivity index (χ4n) is 6.18. The highest BCUT2D eigenvalue weighted by atomic mass is 35.5. The van der Waals surface area contributed by atoms with Gasteiger partial charge >= 0.3 is 0 Å². The minimum atomic E-state index is -0.256. The van der Waals surface area contributed by atoms with Crippen LogP contribution in [0.1, 0.15) is 75.4 Å². The summed E-state index contributed by atoms with van der Waals surface area (Å²) in [4.78, 5) is 7.07. The van der Waals surface area contributed by atoms with E-state index in [1.165, 1.54) is 0 Å². The number of pyridine rings is 1. The first kappa shape index (κ1) is 29.4. The number of benzene rings is 2. The highest BCUT2D eigenvalue weighted by Gasteiger charge is 2.29. The molecule has 2 saturated heterocycles. The molecule has 6 rings (SSSR count). The quantitative estimate of drug-likeness (QED) is 0.246. The first-order chi connectivity index (χ1) is 20.8. The molecule has 0 saturated carbocycles. The summed E-state index contributed by atoms with van der Waals surface area (Å²) in [6.07, 6.45) is 7.70. The molecule has 224 valence electrons. The number of halogens is 1. The molecule has 0 unspecified atom stereocenters. The molecular weight excluding hydrogens is 560 g/mol. The Morgan fingerprint density at radius 2 is 1.91 bits per heavy atom. The summed E-state index contributed by atoms with van der Waals surface area (Å²) < 4.78 is 7.73. The van der Waals surface area contributed by atoms with Crippen LogP contribution < -0.4 is 10.6 Å². The van der Waals surface area contributed by atoms with Crippen LogP contribution in [0.5, 0.6) is 0 Å². The van der Waals surface area contributed by atoms with Gasteiger partial charge in [0.25, 0.3) is 0 Å². The number of piperidine rings is 1. The standard InChI is InChI=1S/C33H39ClN8O/c1-33(2,3)41-13-11-26(12-14-41)42-20-29(39-40-42)31(22-8-5-4-6-9-22)38-25-16-27-30(37-24-10-7-15-43-21-24)23(18-35)19-36-32(27)28(34)17-25/h4-6,8-9,16-17,19-20,24,26,31,38H,7,10-15,21H2,1-3H3,(H,36,37)/t24-,31+/m1/s1. The zero-order valence-electron chi connectivity index (χ0n) is 25.1. The van der Waals surface area contributed by atoms with E-state index in [0.29, 0.717) is 28.8 Å². The molecule has 2 aliphatic heterocycles. The Morgan fingerprint density at radius 1 is 1.12 bits per heavy atom. The minimum absolute atomic E-state index is 0.115. The number of nitrogens with one attached hydrogen (secondary N) is 2. The molecule has 2 aromatic heterocycles. The van der Waals surface area contributed by atoms with Crippen molar-refractivity contribution in [3.8, 4) is 6.07 Å². The van der Waals surface area contributed by atoms with Crippen molar-refractivity contribution in [1.82, 2.24) is 24.9 Å². The van der Waals surface area contributed by atoms with Crippen LogP contribution in [0.4, 0.5) is 11.4 Å². The first-order valence-corrected chi connectivity index (χ1v) is 15.5. The summed E-state index contributed by atoms with van der Waals surface area (Å²) in [5.74, 6) is 0. The van der Waals surface area contributed by atoms with Crippen molar-refractivity contribution in [3.63, 3.8) is 0 Å². The second-order valence-electron chi connectivity index (χ2n) is 12.6. The lowest BCUT2D eigenvalue weighted by Crippen LogP contribution is -2.46. The maximum absolute atomic E-state index is 9.92. The predicted octanol–water partition coefficient (Wildman–Crippen LogP) is 6.58. The second-order valence-corrected chi connectivity index (χ2v) is 13.0. The number of nitrogens with zero attached hydrogens (tertiary/aromatic N) is 6. The summed E-state index contributed by atoms with van der Waals surface area (Å²) in [5.41, 5.74) is 4.74. The average Bonchev–Trinajstić information content (AvgIpc) is 3.51. The lowest BCUT2D eigenvalue weighted by Gasteiger charge is -2.40. The molecule has 4 aromatic rings. The summed E-state index contributed by atoms with van der Waals surface area (Å²) in [6, 6.07) is 16.6. The molecular formula is C33H39ClN8O. The van der Waals surface area contributed by atoms with Crippen molar-refractivity contribution < 1.29 is 4.74 Å². The topological polar surface area (TPSA) is 104 Å². The van der Waals surface area contributed by atoms with Gasteiger partial charge in [0.2, 0.25) is 0 Å². The summed E-state index contributed by atoms with van der Waals surface area (Å²) in [5, 5.41) is 27.7. The highest BCUT2D eigenvalue weighted by Crippen LogP contribution is 2.36. The molecule has 43 heavy (non-hydrogen) atoms. The van der Waals surface area contributed by atoms with Gasteiger partial charge in [-0.3, -0.25) is 9.88 Å². The second kappa shape index (κ2) is 12.5. The number of rotatable bonds is 7. The number of nitriles is 1. The van der Waals surface area contributed by atoms with E-state index in [9.17, 15) is 5.26 Å². The normalized spacial score (nSPS) is 19.2. The maximum atomic E-state index is 9.92. The third-order valence-electron chi connectivity index (χ3n) is 8.61. The number of fused-ring (bicyclic) bond motifs is 1. The Kier molecular flexibility index (Phi) is 8.53. The molecule has 0 aliphatic carbocycles. The molecule has 2 aromatic carbocycles. The van der Waals surface area contributed by atoms with E-state index in [1.807, 2.05) is 35.0 Å². The molecule has 0 amide bonds. The highest BCUT2D eigenvalue weighted by molar-refractivity contribution is 6.35. The van der Waals surface area contributed by atoms with Gasteiger partial charge in [-0.05, 0) is 64.2 Å². The smallest absolute Gasteiger partial charge is 0.109 e. The van der Waals surface area contributed by atoms with Crippen molar-refractivity contribution in [3.05, 3.63) is 76.7 Å². The van der Waals surface area contributed by atoms with Crippen LogP contribution in [0.25, 0.3) is 10.9 Å². The Labute approximate surface area is 258 Å². The maximum Gasteiger partial charge on any atom is 0.109 e. The summed E-state index contributed by atoms with van der Waals surface area (Å²) in [6.45, 7) is 10.3. The third kappa shape index (κ3) is 6.47. The van der Waals surface area contributed by atoms with E-state index in [2.05, 4.69) is 76.0 Å². The Hall–Kier alpha value is -3.71. The lowest BCUT2D eigenvalue weighted by molar-refractivity contribution is 0.0866. The van der Waals surface area contributed by atoms with Gasteiger partial charge in [0, 0.05) is 48.5 Å². The number of anilines is 2. The molecule has 0 bridgehead atoms. The third-order valence-corrected chi connectivity index (χ3v) is 8.90. The zero-order valence-corrected chi connectivity index (χ0v) is 25.8. The van der Waals surface area contributed by atoms with E-state index < -0.39 is 0 Å². The molecule has 2 fully saturated rings.